The maximum absolute atomic E-state index is 11.4. The van der Waals surface area contributed by atoms with Crippen LogP contribution < -0.4 is 15.4 Å². The van der Waals surface area contributed by atoms with Crippen LogP contribution in [0.15, 0.2) is 24.3 Å². The van der Waals surface area contributed by atoms with Crippen molar-refractivity contribution in [1.29, 1.82) is 0 Å². The van der Waals surface area contributed by atoms with Crippen LogP contribution in [0.1, 0.15) is 26.3 Å². The molecule has 0 fully saturated rings. The Morgan fingerprint density at radius 3 is 2.41 bits per heavy atom. The van der Waals surface area contributed by atoms with Gasteiger partial charge in [0.1, 0.15) is 11.4 Å². The molecule has 22 heavy (non-hydrogen) atoms. The molecule has 0 aliphatic rings. The van der Waals surface area contributed by atoms with Crippen LogP contribution in [0.5, 0.6) is 5.75 Å². The predicted octanol–water partition coefficient (Wildman–Crippen LogP) is 1.67. The predicted molar refractivity (Wildman–Crippen MR) is 84.9 cm³/mol. The maximum atomic E-state index is 11.4. The summed E-state index contributed by atoms with van der Waals surface area (Å²) in [7, 11) is 1.63. The van der Waals surface area contributed by atoms with Gasteiger partial charge in [-0.05, 0) is 38.5 Å². The number of carbonyl (C=O) groups is 1. The number of aliphatic hydroxyl groups is 1. The molecule has 0 bridgehead atoms. The van der Waals surface area contributed by atoms with Gasteiger partial charge in [-0.2, -0.15) is 0 Å². The highest BCUT2D eigenvalue weighted by Crippen LogP contribution is 2.10. The topological polar surface area (TPSA) is 79.8 Å². The molecule has 0 aliphatic heterocycles. The number of alkyl carbamates (subject to hydrolysis) is 1. The fourth-order valence-corrected chi connectivity index (χ4v) is 1.71. The summed E-state index contributed by atoms with van der Waals surface area (Å²) in [6.07, 6.45) is -1.20. The lowest BCUT2D eigenvalue weighted by Gasteiger charge is -2.20. The van der Waals surface area contributed by atoms with Gasteiger partial charge in [0, 0.05) is 19.6 Å². The third-order valence-corrected chi connectivity index (χ3v) is 2.75. The lowest BCUT2D eigenvalue weighted by molar-refractivity contribution is 0.0492. The van der Waals surface area contributed by atoms with Crippen molar-refractivity contribution in [3.05, 3.63) is 29.8 Å². The summed E-state index contributed by atoms with van der Waals surface area (Å²) < 4.78 is 10.2. The van der Waals surface area contributed by atoms with Gasteiger partial charge in [0.15, 0.2) is 0 Å². The summed E-state index contributed by atoms with van der Waals surface area (Å²) in [5.41, 5.74) is 0.551. The third-order valence-electron chi connectivity index (χ3n) is 2.75. The first-order valence-electron chi connectivity index (χ1n) is 7.29. The SMILES string of the molecule is COc1ccc(CNC[C@H](O)CNC(=O)OC(C)(C)C)cc1. The fraction of sp³-hybridized carbons (Fsp3) is 0.562. The van der Waals surface area contributed by atoms with Crippen LogP contribution >= 0.6 is 0 Å². The second-order valence-electron chi connectivity index (χ2n) is 6.02. The lowest BCUT2D eigenvalue weighted by atomic mass is 10.2. The van der Waals surface area contributed by atoms with E-state index in [9.17, 15) is 9.90 Å². The minimum absolute atomic E-state index is 0.143. The molecule has 0 unspecified atom stereocenters. The molecule has 0 saturated heterocycles. The highest BCUT2D eigenvalue weighted by Gasteiger charge is 2.16. The molecule has 6 nitrogen and oxygen atoms in total. The summed E-state index contributed by atoms with van der Waals surface area (Å²) in [6.45, 7) is 6.53. The van der Waals surface area contributed by atoms with Gasteiger partial charge >= 0.3 is 6.09 Å². The Morgan fingerprint density at radius 2 is 1.86 bits per heavy atom. The Kier molecular flexibility index (Phi) is 7.14. The van der Waals surface area contributed by atoms with E-state index in [4.69, 9.17) is 9.47 Å². The normalized spacial score (nSPS) is 12.6. The minimum Gasteiger partial charge on any atom is -0.497 e. The zero-order valence-corrected chi connectivity index (χ0v) is 13.7. The van der Waals surface area contributed by atoms with Crippen molar-refractivity contribution in [2.24, 2.45) is 0 Å². The van der Waals surface area contributed by atoms with Crippen LogP contribution in [0.2, 0.25) is 0 Å². The number of ether oxygens (including phenoxy) is 2. The van der Waals surface area contributed by atoms with Gasteiger partial charge in [0.2, 0.25) is 0 Å². The number of carbonyl (C=O) groups excluding carboxylic acids is 1. The molecular weight excluding hydrogens is 284 g/mol. The summed E-state index contributed by atoms with van der Waals surface area (Å²) in [6, 6.07) is 7.68. The van der Waals surface area contributed by atoms with Gasteiger partial charge in [-0.25, -0.2) is 4.79 Å². The number of rotatable bonds is 7. The quantitative estimate of drug-likeness (QED) is 0.714. The average molecular weight is 310 g/mol. The molecule has 0 spiro atoms. The van der Waals surface area contributed by atoms with Crippen LogP contribution in [0.25, 0.3) is 0 Å². The van der Waals surface area contributed by atoms with Gasteiger partial charge in [0.25, 0.3) is 0 Å². The Hall–Kier alpha value is -1.79. The van der Waals surface area contributed by atoms with Crippen molar-refractivity contribution in [2.45, 2.75) is 39.0 Å². The van der Waals surface area contributed by atoms with E-state index in [1.807, 2.05) is 24.3 Å². The molecule has 0 aliphatic carbocycles. The first-order chi connectivity index (χ1) is 10.3. The van der Waals surface area contributed by atoms with Crippen LogP contribution in [-0.2, 0) is 11.3 Å². The maximum Gasteiger partial charge on any atom is 0.407 e. The van der Waals surface area contributed by atoms with E-state index in [2.05, 4.69) is 10.6 Å². The van der Waals surface area contributed by atoms with Crippen LogP contribution in [0.4, 0.5) is 4.79 Å². The van der Waals surface area contributed by atoms with Crippen molar-refractivity contribution in [3.8, 4) is 5.75 Å². The number of nitrogens with one attached hydrogen (secondary N) is 2. The monoisotopic (exact) mass is 310 g/mol. The van der Waals surface area contributed by atoms with Crippen LogP contribution in [0, 0.1) is 0 Å². The Bertz CT molecular complexity index is 454. The van der Waals surface area contributed by atoms with E-state index in [0.717, 1.165) is 11.3 Å². The van der Waals surface area contributed by atoms with Gasteiger partial charge in [0.05, 0.1) is 13.2 Å². The molecule has 1 amide bonds. The third kappa shape index (κ3) is 7.85. The summed E-state index contributed by atoms with van der Waals surface area (Å²) >= 11 is 0. The average Bonchev–Trinajstić information content (AvgIpc) is 2.44. The minimum atomic E-state index is -0.675. The Balaban J connectivity index is 2.20. The first-order valence-corrected chi connectivity index (χ1v) is 7.29. The molecule has 0 aromatic heterocycles. The highest BCUT2D eigenvalue weighted by molar-refractivity contribution is 5.67. The largest absolute Gasteiger partial charge is 0.497 e. The van der Waals surface area contributed by atoms with E-state index in [-0.39, 0.29) is 6.54 Å². The zero-order chi connectivity index (χ0) is 16.6. The molecule has 124 valence electrons. The molecule has 1 aromatic rings. The van der Waals surface area contributed by atoms with E-state index < -0.39 is 17.8 Å². The van der Waals surface area contributed by atoms with Gasteiger partial charge < -0.3 is 25.2 Å². The van der Waals surface area contributed by atoms with Crippen LogP contribution in [0.3, 0.4) is 0 Å². The van der Waals surface area contributed by atoms with Gasteiger partial charge in [-0.3, -0.25) is 0 Å². The molecule has 1 atom stereocenters. The Morgan fingerprint density at radius 1 is 1.23 bits per heavy atom. The molecule has 1 aromatic carbocycles. The van der Waals surface area contributed by atoms with Crippen molar-refractivity contribution in [1.82, 2.24) is 10.6 Å². The number of benzene rings is 1. The van der Waals surface area contributed by atoms with Crippen molar-refractivity contribution >= 4 is 6.09 Å². The number of amides is 1. The van der Waals surface area contributed by atoms with E-state index >= 15 is 0 Å². The molecule has 0 radical (unpaired) electrons. The molecule has 6 heteroatoms. The van der Waals surface area contributed by atoms with Crippen molar-refractivity contribution < 1.29 is 19.4 Å². The summed E-state index contributed by atoms with van der Waals surface area (Å²) in [4.78, 5) is 11.4. The number of aliphatic hydroxyl groups excluding tert-OH is 1. The second kappa shape index (κ2) is 8.60. The summed E-state index contributed by atoms with van der Waals surface area (Å²) in [5.74, 6) is 0.811. The van der Waals surface area contributed by atoms with Crippen molar-refractivity contribution in [2.75, 3.05) is 20.2 Å². The van der Waals surface area contributed by atoms with E-state index in [0.29, 0.717) is 13.1 Å². The standard InChI is InChI=1S/C16H26N2O4/c1-16(2,3)22-15(20)18-11-13(19)10-17-9-12-5-7-14(21-4)8-6-12/h5-8,13,17,19H,9-11H2,1-4H3,(H,18,20)/t13-/m0/s1. The number of hydrogen-bond donors (Lipinski definition) is 3. The van der Waals surface area contributed by atoms with E-state index in [1.165, 1.54) is 0 Å². The fourth-order valence-electron chi connectivity index (χ4n) is 1.71. The smallest absolute Gasteiger partial charge is 0.407 e. The van der Waals surface area contributed by atoms with Crippen LogP contribution in [-0.4, -0.2) is 43.1 Å². The molecule has 3 N–H and O–H groups in total. The first kappa shape index (κ1) is 18.3. The number of methoxy groups -OCH3 is 1. The van der Waals surface area contributed by atoms with E-state index in [1.54, 1.807) is 27.9 Å². The van der Waals surface area contributed by atoms with Crippen molar-refractivity contribution in [3.63, 3.8) is 0 Å². The summed E-state index contributed by atoms with van der Waals surface area (Å²) in [5, 5.41) is 15.5. The molecule has 0 heterocycles. The molecular formula is C16H26N2O4. The highest BCUT2D eigenvalue weighted by atomic mass is 16.6. The zero-order valence-electron chi connectivity index (χ0n) is 13.7. The Labute approximate surface area is 131 Å². The number of hydrogen-bond acceptors (Lipinski definition) is 5. The van der Waals surface area contributed by atoms with Gasteiger partial charge in [-0.15, -0.1) is 0 Å². The lowest BCUT2D eigenvalue weighted by Crippen LogP contribution is -2.40. The van der Waals surface area contributed by atoms with Gasteiger partial charge in [-0.1, -0.05) is 12.1 Å². The molecule has 0 saturated carbocycles. The second-order valence-corrected chi connectivity index (χ2v) is 6.02. The molecule has 1 rings (SSSR count).